The van der Waals surface area contributed by atoms with E-state index in [9.17, 15) is 4.79 Å². The lowest BCUT2D eigenvalue weighted by Gasteiger charge is -2.15. The monoisotopic (exact) mass is 330 g/mol. The Balaban J connectivity index is 1.72. The molecule has 1 heterocycles. The van der Waals surface area contributed by atoms with E-state index < -0.39 is 0 Å². The molecule has 0 spiro atoms. The molecule has 1 amide bonds. The maximum Gasteiger partial charge on any atom is 0.251 e. The topological polar surface area (TPSA) is 42.0 Å². The van der Waals surface area contributed by atoms with Crippen molar-refractivity contribution in [3.63, 3.8) is 0 Å². The summed E-state index contributed by atoms with van der Waals surface area (Å²) in [6.45, 7) is 6.09. The number of aryl methyl sites for hydroxylation is 2. The summed E-state index contributed by atoms with van der Waals surface area (Å²) in [5.74, 6) is -0.0638. The second-order valence-electron chi connectivity index (χ2n) is 6.37. The maximum atomic E-state index is 12.5. The number of carbonyl (C=O) groups excluding carboxylic acids is 1. The molecule has 0 unspecified atom stereocenters. The second kappa shape index (κ2) is 7.31. The molecule has 1 aromatic heterocycles. The highest BCUT2D eigenvalue weighted by Crippen LogP contribution is 2.23. The average molecular weight is 330 g/mol. The van der Waals surface area contributed by atoms with E-state index in [1.54, 1.807) is 6.20 Å². The Morgan fingerprint density at radius 2 is 1.64 bits per heavy atom. The zero-order valence-corrected chi connectivity index (χ0v) is 14.8. The lowest BCUT2D eigenvalue weighted by molar-refractivity contribution is 0.0940. The van der Waals surface area contributed by atoms with Crippen molar-refractivity contribution in [1.82, 2.24) is 10.3 Å². The first-order chi connectivity index (χ1) is 12.0. The normalized spacial score (nSPS) is 11.8. The van der Waals surface area contributed by atoms with E-state index in [1.807, 2.05) is 50.4 Å². The molecule has 0 aliphatic rings. The molecule has 0 radical (unpaired) electrons. The molecule has 1 N–H and O–H groups in total. The third-order valence-corrected chi connectivity index (χ3v) is 4.40. The number of nitrogens with zero attached hydrogens (tertiary/aromatic N) is 1. The van der Waals surface area contributed by atoms with Crippen molar-refractivity contribution in [2.24, 2.45) is 0 Å². The molecule has 0 fully saturated rings. The van der Waals surface area contributed by atoms with Gasteiger partial charge >= 0.3 is 0 Å². The lowest BCUT2D eigenvalue weighted by atomic mass is 10.0. The molecule has 25 heavy (non-hydrogen) atoms. The van der Waals surface area contributed by atoms with Crippen LogP contribution in [0, 0.1) is 13.8 Å². The molecule has 3 aromatic rings. The van der Waals surface area contributed by atoms with Crippen LogP contribution in [0.1, 0.15) is 40.0 Å². The molecular weight excluding hydrogens is 308 g/mol. The molecule has 126 valence electrons. The summed E-state index contributed by atoms with van der Waals surface area (Å²) in [7, 11) is 0. The minimum absolute atomic E-state index is 0.0322. The summed E-state index contributed by atoms with van der Waals surface area (Å²) >= 11 is 0. The maximum absolute atomic E-state index is 12.5. The number of nitrogens with one attached hydrogen (secondary N) is 1. The van der Waals surface area contributed by atoms with E-state index in [1.165, 1.54) is 5.56 Å². The van der Waals surface area contributed by atoms with E-state index >= 15 is 0 Å². The molecule has 3 rings (SSSR count). The van der Waals surface area contributed by atoms with Crippen LogP contribution in [-0.4, -0.2) is 10.9 Å². The van der Waals surface area contributed by atoms with Crippen LogP contribution in [0.3, 0.4) is 0 Å². The van der Waals surface area contributed by atoms with Gasteiger partial charge in [-0.2, -0.15) is 0 Å². The Hall–Kier alpha value is -2.94. The van der Waals surface area contributed by atoms with Crippen molar-refractivity contribution >= 4 is 5.91 Å². The molecule has 0 bridgehead atoms. The van der Waals surface area contributed by atoms with Gasteiger partial charge in [-0.05, 0) is 61.2 Å². The highest BCUT2D eigenvalue weighted by atomic mass is 16.1. The van der Waals surface area contributed by atoms with Crippen LogP contribution in [0.15, 0.2) is 67.0 Å². The second-order valence-corrected chi connectivity index (χ2v) is 6.37. The number of amides is 1. The van der Waals surface area contributed by atoms with Crippen LogP contribution < -0.4 is 5.32 Å². The van der Waals surface area contributed by atoms with Crippen molar-refractivity contribution in [1.29, 1.82) is 0 Å². The first-order valence-corrected chi connectivity index (χ1v) is 8.43. The molecule has 2 aromatic carbocycles. The van der Waals surface area contributed by atoms with Gasteiger partial charge in [0.1, 0.15) is 0 Å². The smallest absolute Gasteiger partial charge is 0.251 e. The first kappa shape index (κ1) is 16.9. The zero-order valence-electron chi connectivity index (χ0n) is 14.8. The average Bonchev–Trinajstić information content (AvgIpc) is 2.63. The fourth-order valence-electron chi connectivity index (χ4n) is 2.82. The van der Waals surface area contributed by atoms with Gasteiger partial charge in [0.2, 0.25) is 0 Å². The predicted octanol–water partition coefficient (Wildman–Crippen LogP) is 4.86. The Labute approximate surface area is 148 Å². The SMILES string of the molecule is Cc1ccc([C@H](C)NC(=O)c2ccc(-c3ccncc3C)cc2)cc1. The van der Waals surface area contributed by atoms with E-state index in [0.29, 0.717) is 5.56 Å². The van der Waals surface area contributed by atoms with Gasteiger partial charge in [0.05, 0.1) is 6.04 Å². The Morgan fingerprint density at radius 3 is 2.28 bits per heavy atom. The number of hydrogen-bond donors (Lipinski definition) is 1. The minimum atomic E-state index is -0.0638. The summed E-state index contributed by atoms with van der Waals surface area (Å²) in [5, 5.41) is 3.05. The largest absolute Gasteiger partial charge is 0.346 e. The first-order valence-electron chi connectivity index (χ1n) is 8.43. The van der Waals surface area contributed by atoms with Crippen molar-refractivity contribution in [3.8, 4) is 11.1 Å². The number of benzene rings is 2. The van der Waals surface area contributed by atoms with Crippen LogP contribution in [0.25, 0.3) is 11.1 Å². The van der Waals surface area contributed by atoms with E-state index in [4.69, 9.17) is 0 Å². The van der Waals surface area contributed by atoms with E-state index in [2.05, 4.69) is 41.5 Å². The molecular formula is C22H22N2O. The summed E-state index contributed by atoms with van der Waals surface area (Å²) in [6, 6.07) is 17.9. The fourth-order valence-corrected chi connectivity index (χ4v) is 2.82. The van der Waals surface area contributed by atoms with Crippen LogP contribution in [0.5, 0.6) is 0 Å². The quantitative estimate of drug-likeness (QED) is 0.742. The minimum Gasteiger partial charge on any atom is -0.346 e. The third-order valence-electron chi connectivity index (χ3n) is 4.40. The molecule has 3 nitrogen and oxygen atoms in total. The summed E-state index contributed by atoms with van der Waals surface area (Å²) in [5.41, 5.74) is 6.31. The van der Waals surface area contributed by atoms with Crippen molar-refractivity contribution in [3.05, 3.63) is 89.2 Å². The van der Waals surface area contributed by atoms with Gasteiger partial charge in [0, 0.05) is 18.0 Å². The molecule has 0 aliphatic heterocycles. The van der Waals surface area contributed by atoms with Crippen LogP contribution >= 0.6 is 0 Å². The Bertz CT molecular complexity index is 867. The number of pyridine rings is 1. The Kier molecular flexibility index (Phi) is 4.94. The lowest BCUT2D eigenvalue weighted by Crippen LogP contribution is -2.26. The standard InChI is InChI=1S/C22H22N2O/c1-15-4-6-18(7-5-15)17(3)24-22(25)20-10-8-19(9-11-20)21-12-13-23-14-16(21)2/h4-14,17H,1-3H3,(H,24,25)/t17-/m0/s1. The van der Waals surface area contributed by atoms with Gasteiger partial charge in [-0.15, -0.1) is 0 Å². The molecule has 0 saturated carbocycles. The van der Waals surface area contributed by atoms with Gasteiger partial charge in [0.25, 0.3) is 5.91 Å². The molecule has 0 saturated heterocycles. The van der Waals surface area contributed by atoms with Gasteiger partial charge in [-0.25, -0.2) is 0 Å². The highest BCUT2D eigenvalue weighted by Gasteiger charge is 2.12. The number of hydrogen-bond acceptors (Lipinski definition) is 2. The predicted molar refractivity (Wildman–Crippen MR) is 101 cm³/mol. The molecule has 0 aliphatic carbocycles. The van der Waals surface area contributed by atoms with E-state index in [-0.39, 0.29) is 11.9 Å². The Morgan fingerprint density at radius 1 is 0.960 bits per heavy atom. The van der Waals surface area contributed by atoms with Crippen LogP contribution in [0.4, 0.5) is 0 Å². The van der Waals surface area contributed by atoms with Crippen molar-refractivity contribution in [2.75, 3.05) is 0 Å². The van der Waals surface area contributed by atoms with Crippen molar-refractivity contribution < 1.29 is 4.79 Å². The summed E-state index contributed by atoms with van der Waals surface area (Å²) in [4.78, 5) is 16.6. The van der Waals surface area contributed by atoms with Crippen molar-refractivity contribution in [2.45, 2.75) is 26.8 Å². The van der Waals surface area contributed by atoms with Crippen LogP contribution in [-0.2, 0) is 0 Å². The van der Waals surface area contributed by atoms with E-state index in [0.717, 1.165) is 22.3 Å². The van der Waals surface area contributed by atoms with Gasteiger partial charge in [-0.1, -0.05) is 42.0 Å². The molecule has 1 atom stereocenters. The van der Waals surface area contributed by atoms with Crippen LogP contribution in [0.2, 0.25) is 0 Å². The third kappa shape index (κ3) is 3.94. The zero-order chi connectivity index (χ0) is 17.8. The number of rotatable bonds is 4. The highest BCUT2D eigenvalue weighted by molar-refractivity contribution is 5.95. The van der Waals surface area contributed by atoms with Gasteiger partial charge < -0.3 is 5.32 Å². The number of aromatic nitrogens is 1. The van der Waals surface area contributed by atoms with Gasteiger partial charge in [-0.3, -0.25) is 9.78 Å². The summed E-state index contributed by atoms with van der Waals surface area (Å²) in [6.07, 6.45) is 3.63. The fraction of sp³-hybridized carbons (Fsp3) is 0.182. The van der Waals surface area contributed by atoms with Gasteiger partial charge in [0.15, 0.2) is 0 Å². The molecule has 3 heteroatoms. The summed E-state index contributed by atoms with van der Waals surface area (Å²) < 4.78 is 0. The number of carbonyl (C=O) groups is 1.